The van der Waals surface area contributed by atoms with Gasteiger partial charge in [0.15, 0.2) is 0 Å². The molecule has 3 rings (SSSR count). The molecule has 0 fully saturated rings. The van der Waals surface area contributed by atoms with E-state index >= 15 is 0 Å². The van der Waals surface area contributed by atoms with Crippen LogP contribution in [0.15, 0.2) is 71.8 Å². The summed E-state index contributed by atoms with van der Waals surface area (Å²) in [6.45, 7) is 7.51. The fourth-order valence-electron chi connectivity index (χ4n) is 3.46. The maximum absolute atomic E-state index is 13.0. The van der Waals surface area contributed by atoms with Gasteiger partial charge in [-0.15, -0.1) is 0 Å². The second-order valence-corrected chi connectivity index (χ2v) is 9.71. The second kappa shape index (κ2) is 14.5. The van der Waals surface area contributed by atoms with Crippen LogP contribution < -0.4 is 10.7 Å². The summed E-state index contributed by atoms with van der Waals surface area (Å²) in [6.07, 6.45) is 1.39. The fourth-order valence-corrected chi connectivity index (χ4v) is 4.59. The van der Waals surface area contributed by atoms with Crippen LogP contribution in [0.3, 0.4) is 0 Å². The van der Waals surface area contributed by atoms with E-state index in [1.54, 1.807) is 24.3 Å². The minimum atomic E-state index is -0.548. The number of carbonyl (C=O) groups is 2. The van der Waals surface area contributed by atoms with Gasteiger partial charge in [-0.1, -0.05) is 49.7 Å². The number of carbonyl (C=O) groups excluding carboxylic acids is 2. The molecule has 0 aliphatic rings. The van der Waals surface area contributed by atoms with Gasteiger partial charge in [-0.05, 0) is 66.7 Å². The molecule has 194 valence electrons. The Labute approximate surface area is 226 Å². The fraction of sp³-hybridized carbons (Fsp3) is 0.250. The molecule has 0 saturated carbocycles. The first-order chi connectivity index (χ1) is 17.9. The summed E-state index contributed by atoms with van der Waals surface area (Å²) in [7, 11) is 0. The topological polar surface area (TPSA) is 73.8 Å². The number of nitrogens with one attached hydrogen (secondary N) is 2. The molecule has 0 atom stereocenters. The van der Waals surface area contributed by atoms with Crippen LogP contribution in [-0.4, -0.2) is 48.3 Å². The highest BCUT2D eigenvalue weighted by Crippen LogP contribution is 2.22. The lowest BCUT2D eigenvalue weighted by Crippen LogP contribution is -2.25. The third kappa shape index (κ3) is 9.00. The SMILES string of the molecule is CCN(CC)CCSCc1ccc(C(=O)Nc2ccc(Cl)cc2C(=O)N/N=C/c2ccc(F)cc2)cc1. The Morgan fingerprint density at radius 3 is 2.38 bits per heavy atom. The van der Waals surface area contributed by atoms with Crippen molar-refractivity contribution in [1.29, 1.82) is 0 Å². The van der Waals surface area contributed by atoms with Gasteiger partial charge in [-0.3, -0.25) is 9.59 Å². The van der Waals surface area contributed by atoms with Crippen LogP contribution in [0.1, 0.15) is 45.7 Å². The Hall–Kier alpha value is -3.20. The highest BCUT2D eigenvalue weighted by molar-refractivity contribution is 7.98. The lowest BCUT2D eigenvalue weighted by Gasteiger charge is -2.17. The quantitative estimate of drug-likeness (QED) is 0.166. The maximum Gasteiger partial charge on any atom is 0.273 e. The summed E-state index contributed by atoms with van der Waals surface area (Å²) in [5.41, 5.74) is 5.12. The monoisotopic (exact) mass is 540 g/mol. The lowest BCUT2D eigenvalue weighted by molar-refractivity contribution is 0.0956. The molecule has 0 unspecified atom stereocenters. The van der Waals surface area contributed by atoms with Crippen molar-refractivity contribution in [2.75, 3.05) is 30.7 Å². The van der Waals surface area contributed by atoms with Crippen molar-refractivity contribution in [2.24, 2.45) is 5.10 Å². The zero-order valence-corrected chi connectivity index (χ0v) is 22.4. The van der Waals surface area contributed by atoms with Crippen molar-refractivity contribution in [1.82, 2.24) is 10.3 Å². The van der Waals surface area contributed by atoms with Crippen molar-refractivity contribution in [3.8, 4) is 0 Å². The normalized spacial score (nSPS) is 11.2. The first kappa shape index (κ1) is 28.4. The van der Waals surface area contributed by atoms with Crippen molar-refractivity contribution in [3.05, 3.63) is 99.8 Å². The Kier molecular flexibility index (Phi) is 11.1. The molecule has 2 amide bonds. The molecule has 9 heteroatoms. The molecule has 0 saturated heterocycles. The molecule has 37 heavy (non-hydrogen) atoms. The van der Waals surface area contributed by atoms with Crippen molar-refractivity contribution in [3.63, 3.8) is 0 Å². The average Bonchev–Trinajstić information content (AvgIpc) is 2.91. The summed E-state index contributed by atoms with van der Waals surface area (Å²) in [5.74, 6) is 0.683. The number of amides is 2. The number of thioether (sulfide) groups is 1. The Bertz CT molecular complexity index is 1220. The molecule has 2 N–H and O–H groups in total. The summed E-state index contributed by atoms with van der Waals surface area (Å²) < 4.78 is 13.0. The first-order valence-electron chi connectivity index (χ1n) is 12.0. The van der Waals surface area contributed by atoms with Gasteiger partial charge in [-0.25, -0.2) is 9.82 Å². The molecular formula is C28H30ClFN4O2S. The second-order valence-electron chi connectivity index (χ2n) is 8.17. The van der Waals surface area contributed by atoms with E-state index < -0.39 is 5.91 Å². The molecule has 0 aliphatic carbocycles. The Balaban J connectivity index is 1.59. The predicted molar refractivity (Wildman–Crippen MR) is 151 cm³/mol. The molecule has 0 aromatic heterocycles. The van der Waals surface area contributed by atoms with Crippen molar-refractivity contribution >= 4 is 47.1 Å². The van der Waals surface area contributed by atoms with Gasteiger partial charge in [0, 0.05) is 28.6 Å². The summed E-state index contributed by atoms with van der Waals surface area (Å²) in [6, 6.07) is 17.7. The van der Waals surface area contributed by atoms with Crippen LogP contribution in [0.5, 0.6) is 0 Å². The highest BCUT2D eigenvalue weighted by atomic mass is 35.5. The van der Waals surface area contributed by atoms with Crippen molar-refractivity contribution in [2.45, 2.75) is 19.6 Å². The molecule has 3 aromatic rings. The maximum atomic E-state index is 13.0. The highest BCUT2D eigenvalue weighted by Gasteiger charge is 2.15. The number of halogens is 2. The number of benzene rings is 3. The van der Waals surface area contributed by atoms with Crippen LogP contribution in [0, 0.1) is 5.82 Å². The molecule has 0 radical (unpaired) electrons. The number of hydrazone groups is 1. The van der Waals surface area contributed by atoms with E-state index in [1.807, 2.05) is 23.9 Å². The van der Waals surface area contributed by atoms with E-state index in [1.165, 1.54) is 36.5 Å². The minimum Gasteiger partial charge on any atom is -0.321 e. The molecular weight excluding hydrogens is 511 g/mol. The van der Waals surface area contributed by atoms with Gasteiger partial charge >= 0.3 is 0 Å². The molecule has 6 nitrogen and oxygen atoms in total. The van der Waals surface area contributed by atoms with E-state index in [0.717, 1.165) is 36.7 Å². The third-order valence-electron chi connectivity index (χ3n) is 5.66. The number of anilines is 1. The molecule has 0 heterocycles. The number of hydrogen-bond donors (Lipinski definition) is 2. The lowest BCUT2D eigenvalue weighted by atomic mass is 10.1. The van der Waals surface area contributed by atoms with E-state index in [0.29, 0.717) is 21.8 Å². The first-order valence-corrected chi connectivity index (χ1v) is 13.5. The van der Waals surface area contributed by atoms with Gasteiger partial charge in [0.2, 0.25) is 0 Å². The summed E-state index contributed by atoms with van der Waals surface area (Å²) in [5, 5.41) is 7.03. The van der Waals surface area contributed by atoms with E-state index in [9.17, 15) is 14.0 Å². The predicted octanol–water partition coefficient (Wildman–Crippen LogP) is 6.07. The van der Waals surface area contributed by atoms with Gasteiger partial charge in [-0.2, -0.15) is 16.9 Å². The molecule has 0 bridgehead atoms. The van der Waals surface area contributed by atoms with Gasteiger partial charge in [0.05, 0.1) is 17.5 Å². The zero-order valence-electron chi connectivity index (χ0n) is 20.8. The number of hydrogen-bond acceptors (Lipinski definition) is 5. The number of nitrogens with zero attached hydrogens (tertiary/aromatic N) is 2. The van der Waals surface area contributed by atoms with Crippen molar-refractivity contribution < 1.29 is 14.0 Å². The third-order valence-corrected chi connectivity index (χ3v) is 6.90. The zero-order chi connectivity index (χ0) is 26.6. The van der Waals surface area contributed by atoms with Crippen LogP contribution in [0.25, 0.3) is 0 Å². The molecule has 3 aromatic carbocycles. The van der Waals surface area contributed by atoms with Gasteiger partial charge in [0.1, 0.15) is 5.82 Å². The van der Waals surface area contributed by atoms with Crippen LogP contribution in [0.4, 0.5) is 10.1 Å². The number of rotatable bonds is 12. The van der Waals surface area contributed by atoms with E-state index in [-0.39, 0.29) is 17.3 Å². The molecule has 0 spiro atoms. The average molecular weight is 541 g/mol. The minimum absolute atomic E-state index is 0.165. The summed E-state index contributed by atoms with van der Waals surface area (Å²) in [4.78, 5) is 28.0. The Morgan fingerprint density at radius 1 is 1.00 bits per heavy atom. The van der Waals surface area contributed by atoms with Gasteiger partial charge < -0.3 is 10.2 Å². The van der Waals surface area contributed by atoms with Crippen LogP contribution in [-0.2, 0) is 5.75 Å². The Morgan fingerprint density at radius 2 is 1.70 bits per heavy atom. The summed E-state index contributed by atoms with van der Waals surface area (Å²) >= 11 is 7.96. The van der Waals surface area contributed by atoms with Crippen LogP contribution >= 0.6 is 23.4 Å². The standard InChI is InChI=1S/C28H30ClFN4O2S/c1-3-34(4-2)15-16-37-19-21-5-9-22(10-6-21)27(35)32-26-14-11-23(29)17-25(26)28(36)33-31-18-20-7-12-24(30)13-8-20/h5-14,17-18H,3-4,15-16,19H2,1-2H3,(H,32,35)(H,33,36)/b31-18+. The van der Waals surface area contributed by atoms with E-state index in [4.69, 9.17) is 11.6 Å². The largest absolute Gasteiger partial charge is 0.321 e. The van der Waals surface area contributed by atoms with Crippen LogP contribution in [0.2, 0.25) is 5.02 Å². The smallest absolute Gasteiger partial charge is 0.273 e. The van der Waals surface area contributed by atoms with Gasteiger partial charge in [0.25, 0.3) is 11.8 Å². The van der Waals surface area contributed by atoms with E-state index in [2.05, 4.69) is 34.6 Å². The molecule has 0 aliphatic heterocycles.